The van der Waals surface area contributed by atoms with Gasteiger partial charge in [0.2, 0.25) is 0 Å². The van der Waals surface area contributed by atoms with Gasteiger partial charge in [-0.05, 0) is 67.0 Å². The normalized spacial score (nSPS) is 28.8. The second kappa shape index (κ2) is 4.98. The predicted octanol–water partition coefficient (Wildman–Crippen LogP) is 3.49. The summed E-state index contributed by atoms with van der Waals surface area (Å²) in [4.78, 5) is 8.89. The van der Waals surface area contributed by atoms with Crippen LogP contribution >= 0.6 is 27.3 Å². The summed E-state index contributed by atoms with van der Waals surface area (Å²) in [5.74, 6) is 0.858. The van der Waals surface area contributed by atoms with Gasteiger partial charge in [-0.2, -0.15) is 0 Å². The van der Waals surface area contributed by atoms with Gasteiger partial charge < -0.3 is 0 Å². The summed E-state index contributed by atoms with van der Waals surface area (Å²) in [6.07, 6.45) is 6.51. The number of thiazole rings is 1. The zero-order valence-electron chi connectivity index (χ0n) is 10.3. The molecule has 0 bridgehead atoms. The lowest BCUT2D eigenvalue weighted by Gasteiger charge is -2.43. The molecule has 0 aromatic carbocycles. The van der Waals surface area contributed by atoms with E-state index in [-0.39, 0.29) is 0 Å². The molecule has 1 fully saturated rings. The van der Waals surface area contributed by atoms with E-state index >= 15 is 0 Å². The van der Waals surface area contributed by atoms with Crippen LogP contribution in [-0.4, -0.2) is 29.0 Å². The third-order valence-corrected chi connectivity index (χ3v) is 5.72. The number of likely N-dealkylation sites (tertiary alicyclic amines) is 1. The first-order valence-corrected chi connectivity index (χ1v) is 8.27. The first kappa shape index (κ1) is 12.1. The van der Waals surface area contributed by atoms with Gasteiger partial charge in [-0.15, -0.1) is 11.3 Å². The SMILES string of the molecule is CCCN1CCC[C@H]2Cc3nc(Br)sc3C[C@@H]21. The highest BCUT2D eigenvalue weighted by molar-refractivity contribution is 9.11. The van der Waals surface area contributed by atoms with Gasteiger partial charge >= 0.3 is 0 Å². The summed E-state index contributed by atoms with van der Waals surface area (Å²) >= 11 is 5.38. The molecule has 17 heavy (non-hydrogen) atoms. The maximum atomic E-state index is 4.63. The van der Waals surface area contributed by atoms with Crippen LogP contribution in [0.15, 0.2) is 3.92 Å². The van der Waals surface area contributed by atoms with Gasteiger partial charge in [-0.25, -0.2) is 4.98 Å². The highest BCUT2D eigenvalue weighted by atomic mass is 79.9. The van der Waals surface area contributed by atoms with Crippen molar-refractivity contribution in [3.8, 4) is 0 Å². The summed E-state index contributed by atoms with van der Waals surface area (Å²) in [5.41, 5.74) is 1.38. The summed E-state index contributed by atoms with van der Waals surface area (Å²) < 4.78 is 1.07. The van der Waals surface area contributed by atoms with Crippen LogP contribution in [0.25, 0.3) is 0 Å². The van der Waals surface area contributed by atoms with Crippen molar-refractivity contribution in [1.82, 2.24) is 9.88 Å². The van der Waals surface area contributed by atoms with E-state index in [9.17, 15) is 0 Å². The Bertz CT molecular complexity index is 402. The number of hydrogen-bond donors (Lipinski definition) is 0. The van der Waals surface area contributed by atoms with Crippen LogP contribution in [0, 0.1) is 5.92 Å². The lowest BCUT2D eigenvalue weighted by molar-refractivity contribution is 0.0857. The number of halogens is 1. The maximum absolute atomic E-state index is 4.63. The molecule has 1 aliphatic carbocycles. The van der Waals surface area contributed by atoms with Gasteiger partial charge in [0, 0.05) is 10.9 Å². The molecule has 2 aliphatic rings. The molecular formula is C13H19BrN2S. The van der Waals surface area contributed by atoms with E-state index in [1.807, 2.05) is 11.3 Å². The Kier molecular flexibility index (Phi) is 3.55. The molecule has 1 saturated heterocycles. The zero-order valence-corrected chi connectivity index (χ0v) is 12.7. The second-order valence-electron chi connectivity index (χ2n) is 5.25. The molecule has 0 amide bonds. The molecule has 94 valence electrons. The Hall–Kier alpha value is 0.0700. The molecule has 2 nitrogen and oxygen atoms in total. The van der Waals surface area contributed by atoms with E-state index in [0.717, 1.165) is 15.9 Å². The molecule has 1 aromatic heterocycles. The highest BCUT2D eigenvalue weighted by Crippen LogP contribution is 2.38. The minimum Gasteiger partial charge on any atom is -0.300 e. The van der Waals surface area contributed by atoms with Crippen LogP contribution in [0.5, 0.6) is 0 Å². The fourth-order valence-electron chi connectivity index (χ4n) is 3.42. The van der Waals surface area contributed by atoms with Gasteiger partial charge in [0.05, 0.1) is 5.69 Å². The molecule has 0 unspecified atom stereocenters. The Morgan fingerprint density at radius 1 is 1.47 bits per heavy atom. The van der Waals surface area contributed by atoms with Crippen molar-refractivity contribution in [2.45, 2.75) is 45.1 Å². The Labute approximate surface area is 116 Å². The standard InChI is InChI=1S/C13H19BrN2S/c1-2-5-16-6-3-4-9-7-10-12(8-11(9)16)17-13(14)15-10/h9,11H,2-8H2,1H3/t9-,11-/m0/s1. The van der Waals surface area contributed by atoms with Gasteiger partial charge in [0.25, 0.3) is 0 Å². The van der Waals surface area contributed by atoms with Gasteiger partial charge in [-0.3, -0.25) is 4.90 Å². The minimum atomic E-state index is 0.795. The van der Waals surface area contributed by atoms with Crippen LogP contribution < -0.4 is 0 Å². The Morgan fingerprint density at radius 3 is 3.18 bits per heavy atom. The van der Waals surface area contributed by atoms with Crippen molar-refractivity contribution in [3.05, 3.63) is 14.5 Å². The van der Waals surface area contributed by atoms with Crippen molar-refractivity contribution >= 4 is 27.3 Å². The highest BCUT2D eigenvalue weighted by Gasteiger charge is 2.36. The molecule has 3 rings (SSSR count). The summed E-state index contributed by atoms with van der Waals surface area (Å²) in [5, 5.41) is 0. The van der Waals surface area contributed by atoms with E-state index in [2.05, 4.69) is 32.7 Å². The molecule has 1 aliphatic heterocycles. The van der Waals surface area contributed by atoms with Crippen molar-refractivity contribution in [3.63, 3.8) is 0 Å². The van der Waals surface area contributed by atoms with Crippen molar-refractivity contribution in [2.24, 2.45) is 5.92 Å². The number of rotatable bonds is 2. The average molecular weight is 315 g/mol. The van der Waals surface area contributed by atoms with Crippen LogP contribution in [0.2, 0.25) is 0 Å². The number of fused-ring (bicyclic) bond motifs is 2. The van der Waals surface area contributed by atoms with Gasteiger partial charge in [0.15, 0.2) is 3.92 Å². The maximum Gasteiger partial charge on any atom is 0.159 e. The van der Waals surface area contributed by atoms with Crippen LogP contribution in [0.1, 0.15) is 36.8 Å². The lowest BCUT2D eigenvalue weighted by atomic mass is 9.79. The molecule has 4 heteroatoms. The smallest absolute Gasteiger partial charge is 0.159 e. The molecule has 0 N–H and O–H groups in total. The predicted molar refractivity (Wildman–Crippen MR) is 75.6 cm³/mol. The summed E-state index contributed by atoms with van der Waals surface area (Å²) in [6.45, 7) is 4.88. The van der Waals surface area contributed by atoms with Gasteiger partial charge in [-0.1, -0.05) is 6.92 Å². The Morgan fingerprint density at radius 2 is 2.35 bits per heavy atom. The first-order valence-electron chi connectivity index (χ1n) is 6.66. The molecule has 2 heterocycles. The average Bonchev–Trinajstić information content (AvgIpc) is 2.66. The third-order valence-electron chi connectivity index (χ3n) is 4.15. The fraction of sp³-hybridized carbons (Fsp3) is 0.769. The lowest BCUT2D eigenvalue weighted by Crippen LogP contribution is -2.49. The molecular weight excluding hydrogens is 296 g/mol. The van der Waals surface area contributed by atoms with Crippen LogP contribution in [-0.2, 0) is 12.8 Å². The number of hydrogen-bond acceptors (Lipinski definition) is 3. The molecule has 2 atom stereocenters. The van der Waals surface area contributed by atoms with E-state index < -0.39 is 0 Å². The van der Waals surface area contributed by atoms with Crippen molar-refractivity contribution in [2.75, 3.05) is 13.1 Å². The van der Waals surface area contributed by atoms with Gasteiger partial charge in [0.1, 0.15) is 0 Å². The molecule has 0 radical (unpaired) electrons. The monoisotopic (exact) mass is 314 g/mol. The topological polar surface area (TPSA) is 16.1 Å². The van der Waals surface area contributed by atoms with Crippen LogP contribution in [0.3, 0.4) is 0 Å². The second-order valence-corrected chi connectivity index (χ2v) is 7.61. The third kappa shape index (κ3) is 2.32. The fourth-order valence-corrected chi connectivity index (χ4v) is 5.08. The number of nitrogens with zero attached hydrogens (tertiary/aromatic N) is 2. The van der Waals surface area contributed by atoms with E-state index in [4.69, 9.17) is 0 Å². The first-order chi connectivity index (χ1) is 8.28. The molecule has 0 spiro atoms. The molecule has 0 saturated carbocycles. The molecule has 1 aromatic rings. The van der Waals surface area contributed by atoms with E-state index in [1.165, 1.54) is 55.8 Å². The van der Waals surface area contributed by atoms with Crippen molar-refractivity contribution in [1.29, 1.82) is 0 Å². The largest absolute Gasteiger partial charge is 0.300 e. The quantitative estimate of drug-likeness (QED) is 0.830. The Balaban J connectivity index is 1.83. The van der Waals surface area contributed by atoms with E-state index in [0.29, 0.717) is 0 Å². The minimum absolute atomic E-state index is 0.795. The zero-order chi connectivity index (χ0) is 11.8. The van der Waals surface area contributed by atoms with E-state index in [1.54, 1.807) is 0 Å². The number of piperidine rings is 1. The summed E-state index contributed by atoms with van der Waals surface area (Å²) in [7, 11) is 0. The summed E-state index contributed by atoms with van der Waals surface area (Å²) in [6, 6.07) is 0.795. The van der Waals surface area contributed by atoms with Crippen molar-refractivity contribution < 1.29 is 0 Å². The van der Waals surface area contributed by atoms with Crippen LogP contribution in [0.4, 0.5) is 0 Å². The number of aromatic nitrogens is 1.